The van der Waals surface area contributed by atoms with E-state index in [0.29, 0.717) is 67.7 Å². The Morgan fingerprint density at radius 3 is 1.15 bits per heavy atom. The predicted molar refractivity (Wildman–Crippen MR) is 242 cm³/mol. The monoisotopic (exact) mass is 1250 g/mol. The summed E-state index contributed by atoms with van der Waals surface area (Å²) in [6, 6.07) is 23.4. The third-order valence-electron chi connectivity index (χ3n) is 22.6. The Balaban J connectivity index is 0.000000143. The van der Waals surface area contributed by atoms with Gasteiger partial charge in [0, 0.05) is 59.6 Å². The molecule has 2 saturated heterocycles. The molecule has 2 aliphatic heterocycles. The summed E-state index contributed by atoms with van der Waals surface area (Å²) in [5.41, 5.74) is 5.93. The number of ether oxygens (including phenoxy) is 2. The van der Waals surface area contributed by atoms with Gasteiger partial charge in [0.05, 0.1) is 34.1 Å². The van der Waals surface area contributed by atoms with Crippen molar-refractivity contribution in [2.45, 2.75) is 169 Å². The van der Waals surface area contributed by atoms with E-state index in [-0.39, 0.29) is 37.5 Å². The van der Waals surface area contributed by atoms with Gasteiger partial charge in [0.15, 0.2) is 0 Å². The molecule has 2 nitrogen and oxygen atoms in total. The maximum absolute atomic E-state index is 7.34. The molecule has 2 aromatic carbocycles. The van der Waals surface area contributed by atoms with Crippen LogP contribution >= 0.6 is 15.8 Å². The summed E-state index contributed by atoms with van der Waals surface area (Å²) in [6.07, 6.45) is 15.3. The van der Waals surface area contributed by atoms with Gasteiger partial charge < -0.3 is 22.3 Å². The van der Waals surface area contributed by atoms with Crippen LogP contribution < -0.4 is 10.6 Å². The SMILES string of the molecule is CC1(C)C2[CH-]CC1(C)C1OC3C(C4CCC3(C)C4(C)C)[PH+](c3ccccc3)C21.CC1(C)C2[CH-]CC1(C)C1OC3C(C4CCC3(C)C4(C)C)[PH+](c3ccccc3)C21.[ClH+][Pt][ClH+].[Pt]. The molecule has 2 heterocycles. The first-order valence-corrected chi connectivity index (χ1v) is 32.8. The number of hydrogen-bond donors (Lipinski definition) is 0. The summed E-state index contributed by atoms with van der Waals surface area (Å²) in [7, 11) is 7.22. The summed E-state index contributed by atoms with van der Waals surface area (Å²) in [5.74, 6) is 3.14. The zero-order valence-electron chi connectivity index (χ0n) is 38.4. The Morgan fingerprint density at radius 1 is 0.500 bits per heavy atom. The van der Waals surface area contributed by atoms with Gasteiger partial charge in [-0.2, -0.15) is 12.8 Å². The van der Waals surface area contributed by atoms with Crippen molar-refractivity contribution in [1.29, 1.82) is 0 Å². The molecule has 0 aromatic heterocycles. The summed E-state index contributed by atoms with van der Waals surface area (Å²) in [4.78, 5) is 0. The maximum atomic E-state index is 7.34. The van der Waals surface area contributed by atoms with Crippen LogP contribution in [0.1, 0.15) is 122 Å². The molecule has 10 fully saturated rings. The van der Waals surface area contributed by atoms with Crippen molar-refractivity contribution in [3.63, 3.8) is 0 Å². The minimum atomic E-state index is -0.709. The van der Waals surface area contributed by atoms with Crippen molar-refractivity contribution in [3.05, 3.63) is 73.5 Å². The predicted octanol–water partition coefficient (Wildman–Crippen LogP) is 11.0. The normalized spacial score (nSPS) is 51.3. The summed E-state index contributed by atoms with van der Waals surface area (Å²) < 4.78 is 14.7. The maximum Gasteiger partial charge on any atom is 0 e. The van der Waals surface area contributed by atoms with E-state index in [4.69, 9.17) is 9.47 Å². The first-order valence-electron chi connectivity index (χ1n) is 23.4. The van der Waals surface area contributed by atoms with Gasteiger partial charge in [-0.05, 0) is 71.6 Å². The van der Waals surface area contributed by atoms with Crippen molar-refractivity contribution < 1.29 is 65.9 Å². The van der Waals surface area contributed by atoms with Gasteiger partial charge in [0.25, 0.3) is 0 Å². The second-order valence-electron chi connectivity index (χ2n) is 24.5. The van der Waals surface area contributed by atoms with Crippen LogP contribution in [-0.4, -0.2) is 47.1 Å². The molecule has 0 amide bonds. The molecule has 10 aliphatic rings. The quantitative estimate of drug-likeness (QED) is 0.220. The van der Waals surface area contributed by atoms with Gasteiger partial charge in [-0.15, -0.1) is 11.8 Å². The van der Waals surface area contributed by atoms with Gasteiger partial charge in [-0.25, -0.2) is 0 Å². The Bertz CT molecular complexity index is 1710. The average Bonchev–Trinajstić information content (AvgIpc) is 3.93. The van der Waals surface area contributed by atoms with Crippen LogP contribution in [0.3, 0.4) is 0 Å². The van der Waals surface area contributed by atoms with Crippen molar-refractivity contribution in [1.82, 2.24) is 0 Å². The van der Waals surface area contributed by atoms with Crippen LogP contribution in [0.25, 0.3) is 0 Å². The molecule has 0 radical (unpaired) electrons. The third-order valence-corrected chi connectivity index (χ3v) is 30.3. The first kappa shape index (κ1) is 46.3. The van der Waals surface area contributed by atoms with Gasteiger partial charge in [-0.3, -0.25) is 0 Å². The fourth-order valence-corrected chi connectivity index (χ4v) is 28.3. The molecule has 8 aliphatic carbocycles. The number of hydrogen-bond acceptors (Lipinski definition) is 2. The summed E-state index contributed by atoms with van der Waals surface area (Å²) in [6.45, 7) is 30.7. The van der Waals surface area contributed by atoms with E-state index < -0.39 is 15.8 Å². The van der Waals surface area contributed by atoms with Gasteiger partial charge in [-0.1, -0.05) is 130 Å². The fourth-order valence-electron chi connectivity index (χ4n) is 17.8. The number of fused-ring (bicyclic) bond motifs is 20. The molecular weight excluding hydrogens is 1180 g/mol. The van der Waals surface area contributed by atoms with E-state index in [1.165, 1.54) is 38.5 Å². The molecule has 18 unspecified atom stereocenters. The number of halogens is 2. The van der Waals surface area contributed by atoms with Gasteiger partial charge in [0.2, 0.25) is 0 Å². The van der Waals surface area contributed by atoms with E-state index in [1.54, 1.807) is 10.6 Å². The van der Waals surface area contributed by atoms with E-state index in [1.807, 2.05) is 0 Å². The van der Waals surface area contributed by atoms with Gasteiger partial charge >= 0.3 is 35.3 Å². The molecule has 60 heavy (non-hydrogen) atoms. The number of benzene rings is 2. The largest absolute Gasteiger partial charge is 0 e. The fraction of sp³-hybridized carbons (Fsp3) is 0.731. The Labute approximate surface area is 398 Å². The minimum absolute atomic E-state index is 0. The van der Waals surface area contributed by atoms with E-state index in [0.717, 1.165) is 46.3 Å². The van der Waals surface area contributed by atoms with Crippen LogP contribution in [-0.2, 0) is 47.0 Å². The van der Waals surface area contributed by atoms with Gasteiger partial charge in [0.1, 0.15) is 23.5 Å². The van der Waals surface area contributed by atoms with Crippen LogP contribution in [0.15, 0.2) is 60.7 Å². The molecule has 8 heteroatoms. The van der Waals surface area contributed by atoms with E-state index >= 15 is 0 Å². The third kappa shape index (κ3) is 5.60. The average molecular weight is 1260 g/mol. The smallest absolute Gasteiger partial charge is 0 e. The topological polar surface area (TPSA) is 18.5 Å². The molecular formula is C52H76Cl2O2P2Pt2+2. The molecule has 338 valence electrons. The van der Waals surface area contributed by atoms with Crippen LogP contribution in [0, 0.1) is 98.7 Å². The Hall–Kier alpha value is 1.18. The molecule has 0 spiro atoms. The Morgan fingerprint density at radius 2 is 0.817 bits per heavy atom. The molecule has 8 bridgehead atoms. The molecule has 12 rings (SSSR count). The second kappa shape index (κ2) is 15.1. The second-order valence-corrected chi connectivity index (χ2v) is 34.0. The van der Waals surface area contributed by atoms with Crippen molar-refractivity contribution in [2.75, 3.05) is 0 Å². The van der Waals surface area contributed by atoms with E-state index in [2.05, 4.69) is 175 Å². The zero-order valence-corrected chi connectivity index (χ0v) is 46.5. The van der Waals surface area contributed by atoms with Crippen LogP contribution in [0.5, 0.6) is 0 Å². The molecule has 8 saturated carbocycles. The van der Waals surface area contributed by atoms with Crippen LogP contribution in [0.2, 0.25) is 0 Å². The Kier molecular flexibility index (Phi) is 11.6. The zero-order chi connectivity index (χ0) is 42.1. The standard InChI is InChI=1S/2C26H36OP.2ClH.2Pt/c2*1-23(2)17-12-14-25(23,5)21-19(17)28(16-10-8-7-9-11-16)20-18-13-15-26(6,22(20)27-21)24(18,3)4;;;;/h2*7-12,17-22H,13-15H2,1-6H3;2*1H;;/q2*-1;;;;+2/p+2. The van der Waals surface area contributed by atoms with Crippen molar-refractivity contribution >= 4 is 26.5 Å². The van der Waals surface area contributed by atoms with Crippen molar-refractivity contribution in [2.24, 2.45) is 67.0 Å². The van der Waals surface area contributed by atoms with Crippen molar-refractivity contribution in [3.8, 4) is 0 Å². The molecule has 0 N–H and O–H groups in total. The molecule has 2 aromatic rings. The van der Waals surface area contributed by atoms with E-state index in [9.17, 15) is 0 Å². The minimum Gasteiger partial charge on any atom is 0 e. The van der Waals surface area contributed by atoms with Crippen LogP contribution in [0.4, 0.5) is 0 Å². The first-order chi connectivity index (χ1) is 27.7. The summed E-state index contributed by atoms with van der Waals surface area (Å²) in [5, 5.41) is 3.38. The summed E-state index contributed by atoms with van der Waals surface area (Å²) >= 11 is -0.250. The molecule has 18 atom stereocenters. The number of rotatable bonds is 2.